The molecule has 156 valence electrons. The monoisotopic (exact) mass is 407 g/mol. The fourth-order valence-corrected chi connectivity index (χ4v) is 2.63. The summed E-state index contributed by atoms with van der Waals surface area (Å²) in [6.45, 7) is 1.03. The third kappa shape index (κ3) is 6.53. The van der Waals surface area contributed by atoms with Crippen molar-refractivity contribution in [3.8, 4) is 0 Å². The van der Waals surface area contributed by atoms with Crippen LogP contribution in [0.2, 0.25) is 0 Å². The minimum atomic E-state index is -4.21. The Morgan fingerprint density at radius 3 is 2.10 bits per heavy atom. The Kier molecular flexibility index (Phi) is 8.09. The molecule has 0 aliphatic carbocycles. The van der Waals surface area contributed by atoms with Crippen LogP contribution in [0.1, 0.15) is 18.1 Å². The van der Waals surface area contributed by atoms with Gasteiger partial charge in [0.2, 0.25) is 0 Å². The molecule has 0 spiro atoms. The number of aliphatic hydroxyl groups is 1. The summed E-state index contributed by atoms with van der Waals surface area (Å²) in [5.74, 6) is -6.06. The largest absolute Gasteiger partial charge is 0.461 e. The number of nitrogens with one attached hydrogen (secondary N) is 1. The lowest BCUT2D eigenvalue weighted by Crippen LogP contribution is -2.56. The second kappa shape index (κ2) is 10.5. The molecule has 2 rings (SSSR count). The van der Waals surface area contributed by atoms with Crippen LogP contribution in [0.25, 0.3) is 0 Å². The van der Waals surface area contributed by atoms with Crippen molar-refractivity contribution in [3.63, 3.8) is 0 Å². The standard InChI is InChI=1S/C21H23F2NO5/c1-2-28-19(26)21(22,23)18(25)17(13-15-9-5-3-6-10-15)24-20(27)29-14-16-11-7-4-8-12-16/h3-12,17-18,25H,2,13-14H2,1H3,(H,24,27)/t17-,18-/m0/s1. The number of ether oxygens (including phenoxy) is 2. The van der Waals surface area contributed by atoms with E-state index < -0.39 is 30.1 Å². The lowest BCUT2D eigenvalue weighted by molar-refractivity contribution is -0.191. The number of carbonyl (C=O) groups is 2. The molecule has 1 amide bonds. The van der Waals surface area contributed by atoms with Gasteiger partial charge >= 0.3 is 18.0 Å². The van der Waals surface area contributed by atoms with Crippen molar-refractivity contribution in [1.82, 2.24) is 5.32 Å². The molecular weight excluding hydrogens is 384 g/mol. The minimum absolute atomic E-state index is 0.0743. The van der Waals surface area contributed by atoms with Crippen LogP contribution >= 0.6 is 0 Å². The smallest absolute Gasteiger partial charge is 0.407 e. The summed E-state index contributed by atoms with van der Waals surface area (Å²) in [7, 11) is 0. The number of benzene rings is 2. The summed E-state index contributed by atoms with van der Waals surface area (Å²) in [4.78, 5) is 23.7. The van der Waals surface area contributed by atoms with Crippen LogP contribution in [-0.4, -0.2) is 41.8 Å². The number of aliphatic hydroxyl groups excluding tert-OH is 1. The van der Waals surface area contributed by atoms with Gasteiger partial charge in [-0.15, -0.1) is 0 Å². The van der Waals surface area contributed by atoms with E-state index >= 15 is 0 Å². The number of hydrogen-bond donors (Lipinski definition) is 2. The van der Waals surface area contributed by atoms with E-state index in [2.05, 4.69) is 10.1 Å². The Bertz CT molecular complexity index is 786. The third-order valence-corrected chi connectivity index (χ3v) is 4.11. The van der Waals surface area contributed by atoms with Crippen molar-refractivity contribution in [2.45, 2.75) is 38.0 Å². The molecule has 0 saturated heterocycles. The SMILES string of the molecule is CCOC(=O)C(F)(F)[C@@H](O)[C@H](Cc1ccccc1)NC(=O)OCc1ccccc1. The van der Waals surface area contributed by atoms with Crippen molar-refractivity contribution in [3.05, 3.63) is 71.8 Å². The Morgan fingerprint density at radius 2 is 1.55 bits per heavy atom. The van der Waals surface area contributed by atoms with Gasteiger partial charge in [-0.2, -0.15) is 8.78 Å². The quantitative estimate of drug-likeness (QED) is 0.624. The van der Waals surface area contributed by atoms with Crippen molar-refractivity contribution in [2.75, 3.05) is 6.61 Å². The number of esters is 1. The normalized spacial score (nSPS) is 13.2. The number of hydrogen-bond acceptors (Lipinski definition) is 5. The van der Waals surface area contributed by atoms with E-state index in [1.165, 1.54) is 6.92 Å². The maximum atomic E-state index is 14.3. The molecule has 0 fully saturated rings. The van der Waals surface area contributed by atoms with Crippen LogP contribution < -0.4 is 5.32 Å². The number of carbonyl (C=O) groups excluding carboxylic acids is 2. The summed E-state index contributed by atoms with van der Waals surface area (Å²) in [6.07, 6.45) is -3.64. The average Bonchev–Trinajstić information content (AvgIpc) is 2.73. The van der Waals surface area contributed by atoms with Crippen LogP contribution in [0.5, 0.6) is 0 Å². The van der Waals surface area contributed by atoms with Crippen molar-refractivity contribution in [1.29, 1.82) is 0 Å². The maximum absolute atomic E-state index is 14.3. The highest BCUT2D eigenvalue weighted by molar-refractivity contribution is 5.78. The predicted molar refractivity (Wildman–Crippen MR) is 101 cm³/mol. The predicted octanol–water partition coefficient (Wildman–Crippen LogP) is 3.08. The van der Waals surface area contributed by atoms with Gasteiger partial charge in [0.1, 0.15) is 12.7 Å². The molecule has 0 aromatic heterocycles. The van der Waals surface area contributed by atoms with Gasteiger partial charge in [-0.1, -0.05) is 60.7 Å². The molecule has 2 atom stereocenters. The minimum Gasteiger partial charge on any atom is -0.461 e. The first-order chi connectivity index (χ1) is 13.8. The molecule has 0 aliphatic rings. The summed E-state index contributed by atoms with van der Waals surface area (Å²) >= 11 is 0. The van der Waals surface area contributed by atoms with Crippen molar-refractivity contribution >= 4 is 12.1 Å². The Morgan fingerprint density at radius 1 is 1.00 bits per heavy atom. The van der Waals surface area contributed by atoms with Gasteiger partial charge in [-0.05, 0) is 24.5 Å². The zero-order chi connectivity index (χ0) is 21.3. The van der Waals surface area contributed by atoms with Gasteiger partial charge in [-0.25, -0.2) is 9.59 Å². The number of amides is 1. The summed E-state index contributed by atoms with van der Waals surface area (Å²) in [6, 6.07) is 15.7. The molecule has 0 heterocycles. The van der Waals surface area contributed by atoms with E-state index in [-0.39, 0.29) is 19.6 Å². The zero-order valence-electron chi connectivity index (χ0n) is 15.9. The summed E-state index contributed by atoms with van der Waals surface area (Å²) < 4.78 is 38.1. The maximum Gasteiger partial charge on any atom is 0.407 e. The van der Waals surface area contributed by atoms with Crippen molar-refractivity contribution < 1.29 is 33.0 Å². The molecule has 2 aromatic rings. The molecule has 29 heavy (non-hydrogen) atoms. The average molecular weight is 407 g/mol. The molecule has 2 N–H and O–H groups in total. The molecule has 8 heteroatoms. The van der Waals surface area contributed by atoms with E-state index in [1.807, 2.05) is 0 Å². The number of halogens is 2. The first-order valence-electron chi connectivity index (χ1n) is 9.08. The highest BCUT2D eigenvalue weighted by Gasteiger charge is 2.52. The van der Waals surface area contributed by atoms with Crippen molar-refractivity contribution in [2.24, 2.45) is 0 Å². The van der Waals surface area contributed by atoms with Gasteiger partial charge in [0.05, 0.1) is 12.6 Å². The second-order valence-electron chi connectivity index (χ2n) is 6.29. The number of rotatable bonds is 9. The Hall–Kier alpha value is -3.00. The molecule has 0 saturated carbocycles. The highest BCUT2D eigenvalue weighted by Crippen LogP contribution is 2.25. The fourth-order valence-electron chi connectivity index (χ4n) is 2.63. The second-order valence-corrected chi connectivity index (χ2v) is 6.29. The van der Waals surface area contributed by atoms with E-state index in [0.29, 0.717) is 11.1 Å². The topological polar surface area (TPSA) is 84.9 Å². The summed E-state index contributed by atoms with van der Waals surface area (Å²) in [5.41, 5.74) is 1.29. The van der Waals surface area contributed by atoms with Crippen LogP contribution in [0.15, 0.2) is 60.7 Å². The van der Waals surface area contributed by atoms with Crippen LogP contribution in [-0.2, 0) is 27.3 Å². The van der Waals surface area contributed by atoms with E-state index in [4.69, 9.17) is 4.74 Å². The van der Waals surface area contributed by atoms with Crippen LogP contribution in [0.3, 0.4) is 0 Å². The first-order valence-corrected chi connectivity index (χ1v) is 9.08. The number of alkyl carbamates (subject to hydrolysis) is 1. The fraction of sp³-hybridized carbons (Fsp3) is 0.333. The van der Waals surface area contributed by atoms with Gasteiger partial charge < -0.3 is 19.9 Å². The van der Waals surface area contributed by atoms with E-state index in [9.17, 15) is 23.5 Å². The lowest BCUT2D eigenvalue weighted by Gasteiger charge is -2.28. The number of alkyl halides is 2. The van der Waals surface area contributed by atoms with E-state index in [0.717, 1.165) is 0 Å². The molecule has 6 nitrogen and oxygen atoms in total. The lowest BCUT2D eigenvalue weighted by atomic mass is 9.97. The molecule has 0 aliphatic heterocycles. The van der Waals surface area contributed by atoms with Crippen LogP contribution in [0, 0.1) is 0 Å². The van der Waals surface area contributed by atoms with Gasteiger partial charge in [-0.3, -0.25) is 0 Å². The zero-order valence-corrected chi connectivity index (χ0v) is 15.9. The van der Waals surface area contributed by atoms with Crippen LogP contribution in [0.4, 0.5) is 13.6 Å². The Balaban J connectivity index is 2.11. The molecule has 0 radical (unpaired) electrons. The van der Waals surface area contributed by atoms with Gasteiger partial charge in [0.15, 0.2) is 0 Å². The van der Waals surface area contributed by atoms with E-state index in [1.54, 1.807) is 60.7 Å². The Labute approximate surface area is 167 Å². The molecule has 0 bridgehead atoms. The first kappa shape index (κ1) is 22.3. The van der Waals surface area contributed by atoms with Gasteiger partial charge in [0, 0.05) is 0 Å². The summed E-state index contributed by atoms with van der Waals surface area (Å²) in [5, 5.41) is 12.4. The third-order valence-electron chi connectivity index (χ3n) is 4.11. The highest BCUT2D eigenvalue weighted by atomic mass is 19.3. The van der Waals surface area contributed by atoms with Gasteiger partial charge in [0.25, 0.3) is 0 Å². The molecule has 0 unspecified atom stereocenters. The molecule has 2 aromatic carbocycles. The molecular formula is C21H23F2NO5.